The van der Waals surface area contributed by atoms with Gasteiger partial charge in [-0.25, -0.2) is 8.42 Å². The minimum absolute atomic E-state index is 0.123. The quantitative estimate of drug-likeness (QED) is 0.657. The molecule has 2 aromatic rings. The lowest BCUT2D eigenvalue weighted by Gasteiger charge is -2.36. The Morgan fingerprint density at radius 3 is 2.45 bits per heavy atom. The minimum atomic E-state index is -3.84. The Balaban J connectivity index is 1.89. The van der Waals surface area contributed by atoms with Gasteiger partial charge in [-0.3, -0.25) is 4.99 Å². The molecule has 0 aliphatic carbocycles. The fraction of sp³-hybridized carbons (Fsp3) is 0.381. The van der Waals surface area contributed by atoms with E-state index in [1.807, 2.05) is 31.2 Å². The Morgan fingerprint density at radius 1 is 1.10 bits per heavy atom. The predicted molar refractivity (Wildman–Crippen MR) is 108 cm³/mol. The van der Waals surface area contributed by atoms with Crippen molar-refractivity contribution in [2.24, 2.45) is 4.99 Å². The van der Waals surface area contributed by atoms with Crippen LogP contribution in [0, 0.1) is 0 Å². The molecule has 2 aromatic carbocycles. The topological polar surface area (TPSA) is 77.4 Å². The van der Waals surface area contributed by atoms with Gasteiger partial charge in [0.25, 0.3) is 0 Å². The van der Waals surface area contributed by atoms with Gasteiger partial charge in [-0.2, -0.15) is 4.31 Å². The first-order valence-electron chi connectivity index (χ1n) is 9.47. The number of para-hydroxylation sites is 1. The molecule has 29 heavy (non-hydrogen) atoms. The number of fused-ring (bicyclic) bond motifs is 1. The molecule has 1 unspecified atom stereocenters. The Bertz CT molecular complexity index is 1110. The summed E-state index contributed by atoms with van der Waals surface area (Å²) in [5, 5.41) is 1.53. The van der Waals surface area contributed by atoms with Gasteiger partial charge < -0.3 is 14.2 Å². The lowest BCUT2D eigenvalue weighted by molar-refractivity contribution is 0.0511. The fourth-order valence-corrected chi connectivity index (χ4v) is 6.03. The van der Waals surface area contributed by atoms with Crippen LogP contribution < -0.4 is 15.3 Å². The average molecular weight is 416 g/mol. The molecule has 0 spiro atoms. The molecule has 2 aliphatic heterocycles. The van der Waals surface area contributed by atoms with Crippen LogP contribution >= 0.6 is 0 Å². The van der Waals surface area contributed by atoms with Crippen LogP contribution in [0.2, 0.25) is 0 Å². The van der Waals surface area contributed by atoms with Gasteiger partial charge in [0.15, 0.2) is 6.79 Å². The maximum Gasteiger partial charge on any atom is 0.248 e. The van der Waals surface area contributed by atoms with Crippen molar-refractivity contribution in [3.63, 3.8) is 0 Å². The maximum absolute atomic E-state index is 14.0. The van der Waals surface area contributed by atoms with E-state index in [4.69, 9.17) is 19.2 Å². The second kappa shape index (κ2) is 7.87. The number of methoxy groups -OCH3 is 1. The molecule has 0 N–H and O–H groups in total. The lowest BCUT2D eigenvalue weighted by atomic mass is 9.99. The molecule has 4 rings (SSSR count). The highest BCUT2D eigenvalue weighted by molar-refractivity contribution is 7.90. The summed E-state index contributed by atoms with van der Waals surface area (Å²) in [5.41, 5.74) is 1.28. The number of hydrogen-bond donors (Lipinski definition) is 0. The second-order valence-electron chi connectivity index (χ2n) is 6.99. The van der Waals surface area contributed by atoms with Crippen LogP contribution in [-0.4, -0.2) is 52.9 Å². The third kappa shape index (κ3) is 3.26. The predicted octanol–water partition coefficient (Wildman–Crippen LogP) is 0.988. The monoisotopic (exact) mass is 416 g/mol. The summed E-state index contributed by atoms with van der Waals surface area (Å²) >= 11 is 0. The standard InChI is InChI=1S/C21H24N2O5S/c1-16-19-5-3-4-6-20(19)22-21(16,29(24,25)23-11-13-27-14-12-23)17-7-9-18(10-8-17)28-15-26-2/h3-10H,11-15H2,1-2H3. The molecular formula is C21H24N2O5S. The largest absolute Gasteiger partial charge is 0.468 e. The zero-order valence-corrected chi connectivity index (χ0v) is 17.3. The normalized spacial score (nSPS) is 22.2. The number of benzene rings is 2. The van der Waals surface area contributed by atoms with Crippen molar-refractivity contribution < 1.29 is 22.6 Å². The maximum atomic E-state index is 14.0. The average Bonchev–Trinajstić information content (AvgIpc) is 3.07. The van der Waals surface area contributed by atoms with E-state index >= 15 is 0 Å². The highest BCUT2D eigenvalue weighted by Crippen LogP contribution is 2.43. The van der Waals surface area contributed by atoms with Crippen LogP contribution in [-0.2, 0) is 24.4 Å². The highest BCUT2D eigenvalue weighted by Gasteiger charge is 2.52. The van der Waals surface area contributed by atoms with Crippen molar-refractivity contribution in [3.05, 3.63) is 64.7 Å². The lowest BCUT2D eigenvalue weighted by Crippen LogP contribution is -2.49. The summed E-state index contributed by atoms with van der Waals surface area (Å²) in [6, 6.07) is 14.6. The van der Waals surface area contributed by atoms with Crippen molar-refractivity contribution in [2.75, 3.05) is 40.2 Å². The van der Waals surface area contributed by atoms with Gasteiger partial charge in [-0.1, -0.05) is 30.3 Å². The van der Waals surface area contributed by atoms with Crippen LogP contribution in [0.4, 0.5) is 0 Å². The van der Waals surface area contributed by atoms with E-state index in [-0.39, 0.29) is 6.79 Å². The molecule has 2 aliphatic rings. The molecule has 0 amide bonds. The first-order valence-corrected chi connectivity index (χ1v) is 10.9. The summed E-state index contributed by atoms with van der Waals surface area (Å²) in [7, 11) is -2.29. The number of hydrogen-bond acceptors (Lipinski definition) is 6. The molecular weight excluding hydrogens is 392 g/mol. The summed E-state index contributed by atoms with van der Waals surface area (Å²) in [6.45, 7) is 3.37. The third-order valence-corrected chi connectivity index (χ3v) is 7.79. The second-order valence-corrected chi connectivity index (χ2v) is 9.05. The molecule has 1 atom stereocenters. The number of morpholine rings is 1. The molecule has 8 heteroatoms. The van der Waals surface area contributed by atoms with Gasteiger partial charge in [0, 0.05) is 31.0 Å². The number of sulfonamides is 1. The smallest absolute Gasteiger partial charge is 0.248 e. The van der Waals surface area contributed by atoms with E-state index in [1.54, 1.807) is 31.4 Å². The van der Waals surface area contributed by atoms with Gasteiger partial charge in [0.05, 0.1) is 18.6 Å². The molecule has 2 heterocycles. The molecule has 7 nitrogen and oxygen atoms in total. The van der Waals surface area contributed by atoms with E-state index in [9.17, 15) is 8.42 Å². The molecule has 0 saturated carbocycles. The Kier molecular flexibility index (Phi) is 5.44. The molecule has 0 bridgehead atoms. The van der Waals surface area contributed by atoms with Gasteiger partial charge in [-0.05, 0) is 30.7 Å². The molecule has 0 aromatic heterocycles. The first kappa shape index (κ1) is 20.0. The van der Waals surface area contributed by atoms with Gasteiger partial charge in [0.2, 0.25) is 14.9 Å². The molecule has 1 saturated heterocycles. The van der Waals surface area contributed by atoms with Crippen molar-refractivity contribution in [1.29, 1.82) is 0 Å². The van der Waals surface area contributed by atoms with Gasteiger partial charge in [0.1, 0.15) is 5.75 Å². The van der Waals surface area contributed by atoms with E-state index < -0.39 is 14.9 Å². The van der Waals surface area contributed by atoms with Crippen LogP contribution in [0.25, 0.3) is 5.57 Å². The van der Waals surface area contributed by atoms with Crippen molar-refractivity contribution in [2.45, 2.75) is 11.8 Å². The minimum Gasteiger partial charge on any atom is -0.468 e. The Morgan fingerprint density at radius 2 is 1.79 bits per heavy atom. The number of ether oxygens (including phenoxy) is 3. The van der Waals surface area contributed by atoms with Crippen LogP contribution in [0.15, 0.2) is 53.5 Å². The summed E-state index contributed by atoms with van der Waals surface area (Å²) in [5.74, 6) is 0.600. The molecule has 1 fully saturated rings. The van der Waals surface area contributed by atoms with Crippen LogP contribution in [0.3, 0.4) is 0 Å². The summed E-state index contributed by atoms with van der Waals surface area (Å²) in [4.78, 5) is 3.29. The van der Waals surface area contributed by atoms with Crippen LogP contribution in [0.5, 0.6) is 5.75 Å². The van der Waals surface area contributed by atoms with Crippen LogP contribution in [0.1, 0.15) is 12.5 Å². The zero-order valence-electron chi connectivity index (χ0n) is 16.5. The fourth-order valence-electron chi connectivity index (χ4n) is 3.88. The number of nitrogens with zero attached hydrogens (tertiary/aromatic N) is 2. The Hall–Kier alpha value is -2.26. The van der Waals surface area contributed by atoms with Gasteiger partial charge >= 0.3 is 0 Å². The van der Waals surface area contributed by atoms with Crippen molar-refractivity contribution in [3.8, 4) is 5.75 Å². The van der Waals surface area contributed by atoms with E-state index in [2.05, 4.69) is 0 Å². The Labute approximate surface area is 170 Å². The summed E-state index contributed by atoms with van der Waals surface area (Å²) < 4.78 is 45.1. The van der Waals surface area contributed by atoms with Crippen molar-refractivity contribution in [1.82, 2.24) is 4.31 Å². The molecule has 0 radical (unpaired) electrons. The van der Waals surface area contributed by atoms with Crippen molar-refractivity contribution >= 4 is 15.6 Å². The molecule has 154 valence electrons. The zero-order chi connectivity index (χ0) is 20.5. The summed E-state index contributed by atoms with van der Waals surface area (Å²) in [6.07, 6.45) is 0. The van der Waals surface area contributed by atoms with E-state index in [1.165, 1.54) is 4.31 Å². The van der Waals surface area contributed by atoms with E-state index in [0.29, 0.717) is 48.5 Å². The highest BCUT2D eigenvalue weighted by atomic mass is 32.2. The van der Waals surface area contributed by atoms with E-state index in [0.717, 1.165) is 5.22 Å². The van der Waals surface area contributed by atoms with Gasteiger partial charge in [-0.15, -0.1) is 0 Å². The SMILES string of the molecule is COCOc1ccc(C2(S(=O)(=O)N3CCOCC3)N=c3ccccc3=C2C)cc1. The number of rotatable bonds is 6. The third-order valence-electron chi connectivity index (χ3n) is 5.37. The first-order chi connectivity index (χ1) is 14.0.